The predicted octanol–water partition coefficient (Wildman–Crippen LogP) is 2.20. The third kappa shape index (κ3) is 9.54. The number of ether oxygens (including phenoxy) is 2. The van der Waals surface area contributed by atoms with E-state index in [4.69, 9.17) is 9.84 Å². The van der Waals surface area contributed by atoms with Gasteiger partial charge in [0.2, 0.25) is 6.29 Å². The minimum atomic E-state index is -1.19. The van der Waals surface area contributed by atoms with Gasteiger partial charge in [-0.15, -0.1) is 0 Å². The molecule has 2 amide bonds. The van der Waals surface area contributed by atoms with Gasteiger partial charge >= 0.3 is 12.1 Å². The van der Waals surface area contributed by atoms with Crippen molar-refractivity contribution in [2.45, 2.75) is 51.4 Å². The van der Waals surface area contributed by atoms with Crippen LogP contribution in [-0.4, -0.2) is 48.4 Å². The molecule has 1 aromatic carbocycles. The van der Waals surface area contributed by atoms with E-state index in [9.17, 15) is 23.6 Å². The van der Waals surface area contributed by atoms with E-state index in [0.717, 1.165) is 0 Å². The Morgan fingerprint density at radius 2 is 1.86 bits per heavy atom. The highest BCUT2D eigenvalue weighted by Crippen LogP contribution is 2.08. The van der Waals surface area contributed by atoms with Gasteiger partial charge in [-0.05, 0) is 43.5 Å². The lowest BCUT2D eigenvalue weighted by Crippen LogP contribution is -2.42. The molecule has 0 aliphatic carbocycles. The monoisotopic (exact) mass is 412 g/mol. The summed E-state index contributed by atoms with van der Waals surface area (Å²) in [4.78, 5) is 45.3. The van der Waals surface area contributed by atoms with Gasteiger partial charge in [-0.3, -0.25) is 9.59 Å². The quantitative estimate of drug-likeness (QED) is 0.257. The van der Waals surface area contributed by atoms with E-state index in [-0.39, 0.29) is 25.2 Å². The summed E-state index contributed by atoms with van der Waals surface area (Å²) in [5.74, 6) is -1.97. The first-order chi connectivity index (χ1) is 13.9. The molecule has 0 saturated carbocycles. The van der Waals surface area contributed by atoms with Gasteiger partial charge in [0.05, 0.1) is 0 Å². The van der Waals surface area contributed by atoms with Crippen molar-refractivity contribution in [2.24, 2.45) is 0 Å². The van der Waals surface area contributed by atoms with Crippen LogP contribution in [0.5, 0.6) is 0 Å². The molecule has 0 radical (unpaired) electrons. The summed E-state index contributed by atoms with van der Waals surface area (Å²) < 4.78 is 22.5. The molecule has 0 aromatic heterocycles. The lowest BCUT2D eigenvalue weighted by atomic mass is 10.2. The number of benzene rings is 1. The van der Waals surface area contributed by atoms with Crippen molar-refractivity contribution in [3.05, 3.63) is 35.6 Å². The van der Waals surface area contributed by atoms with E-state index < -0.39 is 30.2 Å². The van der Waals surface area contributed by atoms with Gasteiger partial charge in [0.15, 0.2) is 0 Å². The number of nitrogens with one attached hydrogen (secondary N) is 2. The highest BCUT2D eigenvalue weighted by atomic mass is 19.1. The molecule has 0 spiro atoms. The van der Waals surface area contributed by atoms with E-state index in [1.54, 1.807) is 6.92 Å². The summed E-state index contributed by atoms with van der Waals surface area (Å²) in [6.45, 7) is 2.22. The highest BCUT2D eigenvalue weighted by Gasteiger charge is 2.22. The lowest BCUT2D eigenvalue weighted by molar-refractivity contribution is -0.154. The van der Waals surface area contributed by atoms with Crippen LogP contribution >= 0.6 is 0 Å². The summed E-state index contributed by atoms with van der Waals surface area (Å²) in [7, 11) is 0. The largest absolute Gasteiger partial charge is 0.480 e. The molecule has 1 rings (SSSR count). The number of carbonyl (C=O) groups excluding carboxylic acids is 3. The standard InChI is InChI=1S/C19H25FN2O7/c1-2-5-15(18(25)26)22-19(27)29-16(28-12-23)6-3-4-11-21-17(24)13-7-9-14(20)10-8-13/h7-10,12,15-16H,2-6,11H2,1H3,(H,21,24)(H,22,27)(H,25,26)/t15-,16-/m0/s1. The van der Waals surface area contributed by atoms with Crippen LogP contribution in [0.15, 0.2) is 24.3 Å². The fourth-order valence-corrected chi connectivity index (χ4v) is 2.40. The molecule has 0 heterocycles. The Hall–Kier alpha value is -3.17. The zero-order chi connectivity index (χ0) is 21.6. The Labute approximate surface area is 167 Å². The Morgan fingerprint density at radius 3 is 2.45 bits per heavy atom. The van der Waals surface area contributed by atoms with Crippen LogP contribution in [0.2, 0.25) is 0 Å². The minimum Gasteiger partial charge on any atom is -0.480 e. The smallest absolute Gasteiger partial charge is 0.410 e. The first kappa shape index (κ1) is 23.9. The van der Waals surface area contributed by atoms with Gasteiger partial charge in [0.1, 0.15) is 11.9 Å². The number of amides is 2. The Bertz CT molecular complexity index is 682. The van der Waals surface area contributed by atoms with Crippen molar-refractivity contribution in [1.82, 2.24) is 10.6 Å². The highest BCUT2D eigenvalue weighted by molar-refractivity contribution is 5.94. The molecule has 2 atom stereocenters. The summed E-state index contributed by atoms with van der Waals surface area (Å²) in [6.07, 6.45) is -0.258. The normalized spacial score (nSPS) is 12.3. The zero-order valence-corrected chi connectivity index (χ0v) is 16.1. The number of hydrogen-bond donors (Lipinski definition) is 3. The lowest BCUT2D eigenvalue weighted by Gasteiger charge is -2.18. The average Bonchev–Trinajstić information content (AvgIpc) is 2.67. The fourth-order valence-electron chi connectivity index (χ4n) is 2.40. The van der Waals surface area contributed by atoms with Gasteiger partial charge < -0.3 is 25.2 Å². The SMILES string of the molecule is CCC[C@H](NC(=O)O[C@@H](CCCCNC(=O)c1ccc(F)cc1)OC=O)C(=O)O. The number of halogens is 1. The fraction of sp³-hybridized carbons (Fsp3) is 0.474. The maximum absolute atomic E-state index is 12.8. The van der Waals surface area contributed by atoms with Crippen molar-refractivity contribution in [2.75, 3.05) is 6.54 Å². The minimum absolute atomic E-state index is 0.134. The molecule has 0 unspecified atom stereocenters. The van der Waals surface area contributed by atoms with E-state index in [1.165, 1.54) is 24.3 Å². The van der Waals surface area contributed by atoms with Gasteiger partial charge in [-0.1, -0.05) is 13.3 Å². The van der Waals surface area contributed by atoms with Crippen molar-refractivity contribution in [1.29, 1.82) is 0 Å². The molecule has 29 heavy (non-hydrogen) atoms. The molecule has 160 valence electrons. The Balaban J connectivity index is 2.35. The maximum Gasteiger partial charge on any atom is 0.410 e. The molecule has 0 fully saturated rings. The van der Waals surface area contributed by atoms with Crippen LogP contribution in [0, 0.1) is 5.82 Å². The summed E-state index contributed by atoms with van der Waals surface area (Å²) >= 11 is 0. The number of carbonyl (C=O) groups is 4. The van der Waals surface area contributed by atoms with E-state index in [1.807, 2.05) is 0 Å². The van der Waals surface area contributed by atoms with Crippen LogP contribution in [0.1, 0.15) is 49.4 Å². The molecule has 0 aliphatic heterocycles. The second-order valence-electron chi connectivity index (χ2n) is 6.15. The zero-order valence-electron chi connectivity index (χ0n) is 16.1. The van der Waals surface area contributed by atoms with E-state index in [2.05, 4.69) is 15.4 Å². The van der Waals surface area contributed by atoms with Crippen LogP contribution in [0.3, 0.4) is 0 Å². The number of unbranched alkanes of at least 4 members (excludes halogenated alkanes) is 1. The third-order valence-corrected chi connectivity index (χ3v) is 3.87. The number of alkyl carbamates (subject to hydrolysis) is 1. The second-order valence-corrected chi connectivity index (χ2v) is 6.15. The van der Waals surface area contributed by atoms with Crippen molar-refractivity contribution in [3.8, 4) is 0 Å². The van der Waals surface area contributed by atoms with Gasteiger partial charge in [-0.25, -0.2) is 14.0 Å². The maximum atomic E-state index is 12.8. The number of carboxylic acid groups (broad SMARTS) is 1. The molecule has 9 nitrogen and oxygen atoms in total. The summed E-state index contributed by atoms with van der Waals surface area (Å²) in [5, 5.41) is 13.9. The molecular formula is C19H25FN2O7. The number of hydrogen-bond acceptors (Lipinski definition) is 6. The number of rotatable bonds is 13. The van der Waals surface area contributed by atoms with E-state index in [0.29, 0.717) is 31.4 Å². The molecular weight excluding hydrogens is 387 g/mol. The number of carboxylic acids is 1. The van der Waals surface area contributed by atoms with Crippen LogP contribution in [0.4, 0.5) is 9.18 Å². The predicted molar refractivity (Wildman–Crippen MR) is 99.5 cm³/mol. The first-order valence-electron chi connectivity index (χ1n) is 9.20. The first-order valence-corrected chi connectivity index (χ1v) is 9.20. The number of aliphatic carboxylic acids is 1. The molecule has 1 aromatic rings. The Morgan fingerprint density at radius 1 is 1.17 bits per heavy atom. The molecule has 0 aliphatic rings. The molecule has 10 heteroatoms. The van der Waals surface area contributed by atoms with Crippen molar-refractivity contribution < 1.29 is 38.1 Å². The van der Waals surface area contributed by atoms with Crippen molar-refractivity contribution >= 4 is 24.4 Å². The van der Waals surface area contributed by atoms with Crippen LogP contribution in [-0.2, 0) is 19.1 Å². The molecule has 0 saturated heterocycles. The topological polar surface area (TPSA) is 131 Å². The van der Waals surface area contributed by atoms with Crippen molar-refractivity contribution in [3.63, 3.8) is 0 Å². The molecule has 3 N–H and O–H groups in total. The molecule has 0 bridgehead atoms. The van der Waals surface area contributed by atoms with Gasteiger partial charge in [-0.2, -0.15) is 0 Å². The van der Waals surface area contributed by atoms with Crippen LogP contribution < -0.4 is 10.6 Å². The average molecular weight is 412 g/mol. The van der Waals surface area contributed by atoms with E-state index >= 15 is 0 Å². The summed E-state index contributed by atoms with van der Waals surface area (Å²) in [5.41, 5.74) is 0.327. The second kappa shape index (κ2) is 13.1. The van der Waals surface area contributed by atoms with Crippen LogP contribution in [0.25, 0.3) is 0 Å². The third-order valence-electron chi connectivity index (χ3n) is 3.87. The summed E-state index contributed by atoms with van der Waals surface area (Å²) in [6, 6.07) is 4.02. The van der Waals surface area contributed by atoms with Gasteiger partial charge in [0, 0.05) is 18.5 Å². The van der Waals surface area contributed by atoms with Gasteiger partial charge in [0.25, 0.3) is 12.4 Å². The Kier molecular flexibility index (Phi) is 10.8.